The minimum Gasteiger partial charge on any atom is -0.493 e. The number of carbonyl (C=O) groups is 1. The molecule has 1 heterocycles. The van der Waals surface area contributed by atoms with Crippen LogP contribution in [0.5, 0.6) is 11.5 Å². The van der Waals surface area contributed by atoms with Crippen LogP contribution in [0.2, 0.25) is 0 Å². The molecule has 2 aromatic rings. The Morgan fingerprint density at radius 2 is 2.04 bits per heavy atom. The summed E-state index contributed by atoms with van der Waals surface area (Å²) >= 11 is 0. The van der Waals surface area contributed by atoms with Gasteiger partial charge in [-0.05, 0) is 56.2 Å². The van der Waals surface area contributed by atoms with Gasteiger partial charge in [-0.2, -0.15) is 0 Å². The van der Waals surface area contributed by atoms with E-state index in [-0.39, 0.29) is 12.0 Å². The molecule has 0 saturated carbocycles. The van der Waals surface area contributed by atoms with Crippen molar-refractivity contribution >= 4 is 17.7 Å². The number of rotatable bonds is 6. The van der Waals surface area contributed by atoms with E-state index < -0.39 is 0 Å². The number of benzene rings is 1. The highest BCUT2D eigenvalue weighted by molar-refractivity contribution is 6.02. The van der Waals surface area contributed by atoms with Crippen molar-refractivity contribution in [3.05, 3.63) is 53.9 Å². The predicted octanol–water partition coefficient (Wildman–Crippen LogP) is 3.84. The number of amides is 1. The van der Waals surface area contributed by atoms with Crippen molar-refractivity contribution in [2.24, 2.45) is 0 Å². The molecule has 0 aliphatic heterocycles. The van der Waals surface area contributed by atoms with Crippen molar-refractivity contribution in [3.63, 3.8) is 0 Å². The lowest BCUT2D eigenvalue weighted by atomic mass is 10.2. The van der Waals surface area contributed by atoms with Crippen LogP contribution in [-0.2, 0) is 4.79 Å². The molecule has 0 fully saturated rings. The van der Waals surface area contributed by atoms with Gasteiger partial charge in [-0.25, -0.2) is 0 Å². The van der Waals surface area contributed by atoms with Crippen LogP contribution in [0, 0.1) is 6.92 Å². The number of aromatic nitrogens is 1. The van der Waals surface area contributed by atoms with Crippen molar-refractivity contribution in [3.8, 4) is 11.5 Å². The van der Waals surface area contributed by atoms with E-state index in [1.54, 1.807) is 25.6 Å². The number of hydrogen-bond donors (Lipinski definition) is 1. The molecule has 5 heteroatoms. The monoisotopic (exact) mass is 326 g/mol. The SMILES string of the molecule is COc1cc(C=CC(=O)Nc2cnccc2C)ccc1OC(C)C. The molecule has 1 N–H and O–H groups in total. The third kappa shape index (κ3) is 4.84. The van der Waals surface area contributed by atoms with E-state index in [2.05, 4.69) is 10.3 Å². The number of anilines is 1. The lowest BCUT2D eigenvalue weighted by Crippen LogP contribution is -2.09. The fourth-order valence-electron chi connectivity index (χ4n) is 2.08. The largest absolute Gasteiger partial charge is 0.493 e. The average Bonchev–Trinajstić information content (AvgIpc) is 2.55. The van der Waals surface area contributed by atoms with Gasteiger partial charge in [0.2, 0.25) is 5.91 Å². The molecule has 1 amide bonds. The molecule has 2 rings (SSSR count). The molecular weight excluding hydrogens is 304 g/mol. The number of ether oxygens (including phenoxy) is 2. The van der Waals surface area contributed by atoms with Crippen molar-refractivity contribution < 1.29 is 14.3 Å². The van der Waals surface area contributed by atoms with E-state index in [4.69, 9.17) is 9.47 Å². The van der Waals surface area contributed by atoms with Crippen LogP contribution < -0.4 is 14.8 Å². The van der Waals surface area contributed by atoms with Crippen LogP contribution in [0.4, 0.5) is 5.69 Å². The normalized spacial score (nSPS) is 10.9. The van der Waals surface area contributed by atoms with E-state index in [0.29, 0.717) is 17.2 Å². The maximum absolute atomic E-state index is 12.0. The van der Waals surface area contributed by atoms with Crippen LogP contribution in [-0.4, -0.2) is 24.1 Å². The van der Waals surface area contributed by atoms with E-state index in [1.807, 2.05) is 45.0 Å². The zero-order valence-electron chi connectivity index (χ0n) is 14.4. The zero-order valence-corrected chi connectivity index (χ0v) is 14.4. The van der Waals surface area contributed by atoms with Crippen molar-refractivity contribution in [2.75, 3.05) is 12.4 Å². The molecule has 126 valence electrons. The average molecular weight is 326 g/mol. The first-order valence-corrected chi connectivity index (χ1v) is 7.74. The van der Waals surface area contributed by atoms with Crippen LogP contribution in [0.15, 0.2) is 42.7 Å². The predicted molar refractivity (Wildman–Crippen MR) is 95.4 cm³/mol. The van der Waals surface area contributed by atoms with Gasteiger partial charge in [0.25, 0.3) is 0 Å². The maximum atomic E-state index is 12.0. The summed E-state index contributed by atoms with van der Waals surface area (Å²) < 4.78 is 11.0. The summed E-state index contributed by atoms with van der Waals surface area (Å²) in [6.07, 6.45) is 6.58. The van der Waals surface area contributed by atoms with Gasteiger partial charge in [-0.15, -0.1) is 0 Å². The number of hydrogen-bond acceptors (Lipinski definition) is 4. The van der Waals surface area contributed by atoms with E-state index in [1.165, 1.54) is 6.08 Å². The fourth-order valence-corrected chi connectivity index (χ4v) is 2.08. The first-order valence-electron chi connectivity index (χ1n) is 7.74. The van der Waals surface area contributed by atoms with Gasteiger partial charge in [0.15, 0.2) is 11.5 Å². The van der Waals surface area contributed by atoms with Crippen LogP contribution in [0.3, 0.4) is 0 Å². The molecule has 0 aliphatic carbocycles. The smallest absolute Gasteiger partial charge is 0.248 e. The Hall–Kier alpha value is -2.82. The number of nitrogens with zero attached hydrogens (tertiary/aromatic N) is 1. The molecule has 0 spiro atoms. The first-order chi connectivity index (χ1) is 11.5. The molecule has 0 atom stereocenters. The summed E-state index contributed by atoms with van der Waals surface area (Å²) in [5, 5.41) is 2.80. The second-order valence-corrected chi connectivity index (χ2v) is 5.59. The standard InChI is InChI=1S/C19H22N2O3/c1-13(2)24-17-7-5-15(11-18(17)23-4)6-8-19(22)21-16-12-20-10-9-14(16)3/h5-13H,1-4H3,(H,21,22). The summed E-state index contributed by atoms with van der Waals surface area (Å²) in [5.74, 6) is 1.10. The Bertz CT molecular complexity index is 739. The van der Waals surface area contributed by atoms with Crippen LogP contribution >= 0.6 is 0 Å². The minimum absolute atomic E-state index is 0.0637. The fraction of sp³-hybridized carbons (Fsp3) is 0.263. The maximum Gasteiger partial charge on any atom is 0.248 e. The Morgan fingerprint density at radius 1 is 1.25 bits per heavy atom. The zero-order chi connectivity index (χ0) is 17.5. The summed E-state index contributed by atoms with van der Waals surface area (Å²) in [4.78, 5) is 16.0. The molecule has 24 heavy (non-hydrogen) atoms. The third-order valence-electron chi connectivity index (χ3n) is 3.27. The summed E-state index contributed by atoms with van der Waals surface area (Å²) in [6, 6.07) is 7.38. The van der Waals surface area contributed by atoms with Crippen molar-refractivity contribution in [1.29, 1.82) is 0 Å². The summed E-state index contributed by atoms with van der Waals surface area (Å²) in [6.45, 7) is 5.83. The number of aryl methyl sites for hydroxylation is 1. The Kier molecular flexibility index (Phi) is 5.95. The van der Waals surface area contributed by atoms with Gasteiger partial charge in [0.05, 0.1) is 25.1 Å². The molecule has 0 unspecified atom stereocenters. The lowest BCUT2D eigenvalue weighted by Gasteiger charge is -2.13. The van der Waals surface area contributed by atoms with Gasteiger partial charge in [-0.3, -0.25) is 9.78 Å². The number of nitrogens with one attached hydrogen (secondary N) is 1. The molecule has 5 nitrogen and oxygen atoms in total. The Balaban J connectivity index is 2.08. The third-order valence-corrected chi connectivity index (χ3v) is 3.27. The van der Waals surface area contributed by atoms with Crippen molar-refractivity contribution in [1.82, 2.24) is 4.98 Å². The minimum atomic E-state index is -0.215. The molecule has 0 radical (unpaired) electrons. The highest BCUT2D eigenvalue weighted by Crippen LogP contribution is 2.29. The molecule has 0 bridgehead atoms. The van der Waals surface area contributed by atoms with E-state index in [9.17, 15) is 4.79 Å². The Labute approximate surface area is 142 Å². The van der Waals surface area contributed by atoms with Gasteiger partial charge in [-0.1, -0.05) is 6.07 Å². The van der Waals surface area contributed by atoms with Gasteiger partial charge < -0.3 is 14.8 Å². The van der Waals surface area contributed by atoms with E-state index >= 15 is 0 Å². The highest BCUT2D eigenvalue weighted by Gasteiger charge is 2.07. The van der Waals surface area contributed by atoms with Gasteiger partial charge in [0, 0.05) is 12.3 Å². The summed E-state index contributed by atoms with van der Waals surface area (Å²) in [5.41, 5.74) is 2.51. The quantitative estimate of drug-likeness (QED) is 0.819. The topological polar surface area (TPSA) is 60.5 Å². The second kappa shape index (κ2) is 8.15. The molecule has 1 aromatic carbocycles. The van der Waals surface area contributed by atoms with E-state index in [0.717, 1.165) is 11.1 Å². The van der Waals surface area contributed by atoms with Crippen LogP contribution in [0.25, 0.3) is 6.08 Å². The lowest BCUT2D eigenvalue weighted by molar-refractivity contribution is -0.111. The Morgan fingerprint density at radius 3 is 2.71 bits per heavy atom. The molecular formula is C19H22N2O3. The molecule has 0 saturated heterocycles. The van der Waals surface area contributed by atoms with Gasteiger partial charge >= 0.3 is 0 Å². The van der Waals surface area contributed by atoms with Crippen LogP contribution in [0.1, 0.15) is 25.0 Å². The molecule has 1 aromatic heterocycles. The van der Waals surface area contributed by atoms with Crippen molar-refractivity contribution in [2.45, 2.75) is 26.9 Å². The number of methoxy groups -OCH3 is 1. The molecule has 0 aliphatic rings. The highest BCUT2D eigenvalue weighted by atomic mass is 16.5. The number of pyridine rings is 1. The second-order valence-electron chi connectivity index (χ2n) is 5.59. The number of carbonyl (C=O) groups excluding carboxylic acids is 1. The van der Waals surface area contributed by atoms with Gasteiger partial charge in [0.1, 0.15) is 0 Å². The first kappa shape index (κ1) is 17.5. The summed E-state index contributed by atoms with van der Waals surface area (Å²) in [7, 11) is 1.59.